The van der Waals surface area contributed by atoms with Gasteiger partial charge in [0, 0.05) is 0 Å². The lowest BCUT2D eigenvalue weighted by molar-refractivity contribution is 0.295. The molecule has 1 aliphatic carbocycles. The van der Waals surface area contributed by atoms with Crippen LogP contribution < -0.4 is 11.1 Å². The average Bonchev–Trinajstić information content (AvgIpc) is 2.38. The molecule has 1 saturated carbocycles. The lowest BCUT2D eigenvalue weighted by Gasteiger charge is -2.28. The molecule has 1 fully saturated rings. The Morgan fingerprint density at radius 2 is 2.00 bits per heavy atom. The molecule has 3 N–H and O–H groups in total. The minimum atomic E-state index is 0.206. The van der Waals surface area contributed by atoms with Gasteiger partial charge in [-0.3, -0.25) is 4.99 Å². The van der Waals surface area contributed by atoms with Crippen molar-refractivity contribution < 1.29 is 0 Å². The Kier molecular flexibility index (Phi) is 2.20. The van der Waals surface area contributed by atoms with Crippen molar-refractivity contribution in [3.8, 4) is 0 Å². The van der Waals surface area contributed by atoms with Crippen LogP contribution in [0.25, 0.3) is 0 Å². The number of guanidine groups is 1. The van der Waals surface area contributed by atoms with Gasteiger partial charge >= 0.3 is 0 Å². The van der Waals surface area contributed by atoms with Crippen molar-refractivity contribution in [2.75, 3.05) is 6.54 Å². The van der Waals surface area contributed by atoms with Gasteiger partial charge in [0.15, 0.2) is 5.96 Å². The normalized spacial score (nSPS) is 36.3. The molecule has 0 amide bonds. The minimum absolute atomic E-state index is 0.206. The predicted molar refractivity (Wildman–Crippen MR) is 59.2 cm³/mol. The van der Waals surface area contributed by atoms with E-state index in [1.807, 2.05) is 0 Å². The molecule has 1 atom stereocenters. The van der Waals surface area contributed by atoms with E-state index in [1.165, 1.54) is 32.1 Å². The van der Waals surface area contributed by atoms with E-state index in [2.05, 4.69) is 24.2 Å². The fourth-order valence-electron chi connectivity index (χ4n) is 2.60. The lowest BCUT2D eigenvalue weighted by atomic mass is 9.83. The van der Waals surface area contributed by atoms with E-state index < -0.39 is 0 Å². The van der Waals surface area contributed by atoms with Gasteiger partial charge in [-0.1, -0.05) is 20.3 Å². The Hall–Kier alpha value is -0.730. The van der Waals surface area contributed by atoms with Gasteiger partial charge < -0.3 is 11.1 Å². The summed E-state index contributed by atoms with van der Waals surface area (Å²) in [6.07, 6.45) is 6.34. The van der Waals surface area contributed by atoms with Crippen LogP contribution in [0.5, 0.6) is 0 Å². The van der Waals surface area contributed by atoms with Crippen LogP contribution in [0.3, 0.4) is 0 Å². The summed E-state index contributed by atoms with van der Waals surface area (Å²) < 4.78 is 0. The molecule has 3 heteroatoms. The molecule has 14 heavy (non-hydrogen) atoms. The maximum Gasteiger partial charge on any atom is 0.189 e. The zero-order chi connectivity index (χ0) is 10.2. The standard InChI is InChI=1S/C11H21N3/c1-10(2)4-3-5-11(7-6-10)8-13-9(12)14-11/h3-8H2,1-2H3,(H3,12,13,14). The summed E-state index contributed by atoms with van der Waals surface area (Å²) in [6.45, 7) is 5.62. The molecular weight excluding hydrogens is 174 g/mol. The molecule has 1 aliphatic heterocycles. The van der Waals surface area contributed by atoms with E-state index in [0.717, 1.165) is 6.54 Å². The van der Waals surface area contributed by atoms with Crippen molar-refractivity contribution in [1.29, 1.82) is 0 Å². The van der Waals surface area contributed by atoms with Crippen molar-refractivity contribution in [3.05, 3.63) is 0 Å². The van der Waals surface area contributed by atoms with Gasteiger partial charge in [0.25, 0.3) is 0 Å². The van der Waals surface area contributed by atoms with E-state index in [0.29, 0.717) is 11.4 Å². The first kappa shape index (κ1) is 9.81. The number of nitrogens with two attached hydrogens (primary N) is 1. The quantitative estimate of drug-likeness (QED) is 0.617. The topological polar surface area (TPSA) is 50.4 Å². The smallest absolute Gasteiger partial charge is 0.189 e. The predicted octanol–water partition coefficient (Wildman–Crippen LogP) is 1.63. The summed E-state index contributed by atoms with van der Waals surface area (Å²) in [5.41, 5.74) is 6.41. The van der Waals surface area contributed by atoms with Gasteiger partial charge in [0.2, 0.25) is 0 Å². The molecule has 3 nitrogen and oxygen atoms in total. The van der Waals surface area contributed by atoms with E-state index >= 15 is 0 Å². The van der Waals surface area contributed by atoms with Crippen LogP contribution in [-0.2, 0) is 0 Å². The highest BCUT2D eigenvalue weighted by molar-refractivity contribution is 5.80. The first-order chi connectivity index (χ1) is 6.52. The van der Waals surface area contributed by atoms with Gasteiger partial charge in [-0.05, 0) is 31.1 Å². The van der Waals surface area contributed by atoms with E-state index in [1.54, 1.807) is 0 Å². The number of hydrogen-bond acceptors (Lipinski definition) is 3. The highest BCUT2D eigenvalue weighted by atomic mass is 15.2. The second kappa shape index (κ2) is 3.14. The molecule has 0 radical (unpaired) electrons. The van der Waals surface area contributed by atoms with Crippen LogP contribution >= 0.6 is 0 Å². The van der Waals surface area contributed by atoms with E-state index in [-0.39, 0.29) is 5.54 Å². The number of hydrogen-bond donors (Lipinski definition) is 2. The van der Waals surface area contributed by atoms with Crippen LogP contribution in [0.2, 0.25) is 0 Å². The van der Waals surface area contributed by atoms with Gasteiger partial charge in [0.05, 0.1) is 12.1 Å². The maximum absolute atomic E-state index is 5.70. The second-order valence-corrected chi connectivity index (χ2v) is 5.62. The van der Waals surface area contributed by atoms with Crippen LogP contribution in [0, 0.1) is 5.41 Å². The van der Waals surface area contributed by atoms with Crippen LogP contribution in [0.15, 0.2) is 4.99 Å². The largest absolute Gasteiger partial charge is 0.370 e. The van der Waals surface area contributed by atoms with Gasteiger partial charge in [0.1, 0.15) is 0 Å². The molecule has 1 unspecified atom stereocenters. The Balaban J connectivity index is 2.03. The summed E-state index contributed by atoms with van der Waals surface area (Å²) in [5, 5.41) is 3.37. The van der Waals surface area contributed by atoms with Crippen molar-refractivity contribution in [2.45, 2.75) is 51.5 Å². The fourth-order valence-corrected chi connectivity index (χ4v) is 2.60. The second-order valence-electron chi connectivity index (χ2n) is 5.62. The Bertz CT molecular complexity index is 257. The summed E-state index contributed by atoms with van der Waals surface area (Å²) in [7, 11) is 0. The number of nitrogens with zero attached hydrogens (tertiary/aromatic N) is 1. The van der Waals surface area contributed by atoms with Gasteiger partial charge in [-0.2, -0.15) is 0 Å². The highest BCUT2D eigenvalue weighted by Gasteiger charge is 2.38. The molecule has 0 aromatic heterocycles. The van der Waals surface area contributed by atoms with E-state index in [9.17, 15) is 0 Å². The van der Waals surface area contributed by atoms with Crippen molar-refractivity contribution in [3.63, 3.8) is 0 Å². The van der Waals surface area contributed by atoms with Gasteiger partial charge in [-0.25, -0.2) is 0 Å². The Morgan fingerprint density at radius 1 is 1.21 bits per heavy atom. The zero-order valence-electron chi connectivity index (χ0n) is 9.27. The number of nitrogens with one attached hydrogen (secondary N) is 1. The van der Waals surface area contributed by atoms with Crippen LogP contribution in [0.1, 0.15) is 46.0 Å². The SMILES string of the molecule is CC1(C)CCCC2(CC1)CN=C(N)N2. The molecule has 0 saturated heterocycles. The number of aliphatic imine (C=N–C) groups is 1. The fraction of sp³-hybridized carbons (Fsp3) is 0.909. The summed E-state index contributed by atoms with van der Waals surface area (Å²) >= 11 is 0. The third-order valence-corrected chi connectivity index (χ3v) is 3.73. The minimum Gasteiger partial charge on any atom is -0.370 e. The third-order valence-electron chi connectivity index (χ3n) is 3.73. The van der Waals surface area contributed by atoms with Gasteiger partial charge in [-0.15, -0.1) is 0 Å². The summed E-state index contributed by atoms with van der Waals surface area (Å²) in [6, 6.07) is 0. The average molecular weight is 195 g/mol. The number of rotatable bonds is 0. The van der Waals surface area contributed by atoms with Crippen molar-refractivity contribution in [1.82, 2.24) is 5.32 Å². The monoisotopic (exact) mass is 195 g/mol. The molecule has 0 bridgehead atoms. The summed E-state index contributed by atoms with van der Waals surface area (Å²) in [5.74, 6) is 0.643. The van der Waals surface area contributed by atoms with Crippen LogP contribution in [-0.4, -0.2) is 18.0 Å². The van der Waals surface area contributed by atoms with Crippen molar-refractivity contribution >= 4 is 5.96 Å². The molecule has 0 aromatic carbocycles. The third kappa shape index (κ3) is 1.86. The Labute approximate surface area is 86.2 Å². The Morgan fingerprint density at radius 3 is 2.64 bits per heavy atom. The molecule has 0 aromatic rings. The molecule has 2 rings (SSSR count). The molecule has 1 spiro atoms. The zero-order valence-corrected chi connectivity index (χ0v) is 9.27. The summed E-state index contributed by atoms with van der Waals surface area (Å²) in [4.78, 5) is 4.29. The molecule has 1 heterocycles. The highest BCUT2D eigenvalue weighted by Crippen LogP contribution is 2.38. The van der Waals surface area contributed by atoms with Crippen molar-refractivity contribution in [2.24, 2.45) is 16.1 Å². The molecule has 2 aliphatic rings. The maximum atomic E-state index is 5.70. The first-order valence-corrected chi connectivity index (χ1v) is 5.60. The lowest BCUT2D eigenvalue weighted by Crippen LogP contribution is -2.47. The first-order valence-electron chi connectivity index (χ1n) is 5.60. The molecular formula is C11H21N3. The van der Waals surface area contributed by atoms with Crippen LogP contribution in [0.4, 0.5) is 0 Å². The molecule has 80 valence electrons. The van der Waals surface area contributed by atoms with E-state index in [4.69, 9.17) is 5.73 Å².